The van der Waals surface area contributed by atoms with Gasteiger partial charge in [0, 0.05) is 19.7 Å². The Balaban J connectivity index is 1.54. The van der Waals surface area contributed by atoms with Crippen LogP contribution in [0, 0.1) is 0 Å². The van der Waals surface area contributed by atoms with E-state index in [2.05, 4.69) is 5.32 Å². The highest BCUT2D eigenvalue weighted by atomic mass is 16.5. The number of fused-ring (bicyclic) bond motifs is 2. The van der Waals surface area contributed by atoms with Gasteiger partial charge in [0.05, 0.1) is 0 Å². The van der Waals surface area contributed by atoms with E-state index in [4.69, 9.17) is 4.74 Å². The van der Waals surface area contributed by atoms with Crippen LogP contribution in [-0.4, -0.2) is 54.3 Å². The van der Waals surface area contributed by atoms with E-state index >= 15 is 0 Å². The van der Waals surface area contributed by atoms with E-state index < -0.39 is 42.0 Å². The van der Waals surface area contributed by atoms with Crippen LogP contribution in [0.1, 0.15) is 35.6 Å². The van der Waals surface area contributed by atoms with E-state index in [1.807, 2.05) is 24.3 Å². The second-order valence-corrected chi connectivity index (χ2v) is 8.25. The first-order valence-corrected chi connectivity index (χ1v) is 10.5. The Morgan fingerprint density at radius 2 is 1.78 bits per heavy atom. The summed E-state index contributed by atoms with van der Waals surface area (Å²) in [5, 5.41) is 2.81. The van der Waals surface area contributed by atoms with Gasteiger partial charge in [-0.1, -0.05) is 54.6 Å². The van der Waals surface area contributed by atoms with Crippen LogP contribution in [0.5, 0.6) is 0 Å². The summed E-state index contributed by atoms with van der Waals surface area (Å²) in [6, 6.07) is 15.5. The van der Waals surface area contributed by atoms with Crippen LogP contribution in [0.2, 0.25) is 0 Å². The highest BCUT2D eigenvalue weighted by Crippen LogP contribution is 2.39. The molecule has 0 aromatic heterocycles. The number of esters is 1. The third kappa shape index (κ3) is 3.72. The minimum Gasteiger partial charge on any atom is -0.446 e. The van der Waals surface area contributed by atoms with Crippen LogP contribution in [0.25, 0.3) is 0 Å². The van der Waals surface area contributed by atoms with E-state index in [0.717, 1.165) is 28.9 Å². The number of likely N-dealkylation sites (N-methyl/N-ethyl adjacent to an activating group) is 1. The summed E-state index contributed by atoms with van der Waals surface area (Å²) in [5.74, 6) is -1.72. The van der Waals surface area contributed by atoms with Gasteiger partial charge in [-0.25, -0.2) is 4.79 Å². The van der Waals surface area contributed by atoms with Gasteiger partial charge in [0.15, 0.2) is 0 Å². The predicted octanol–water partition coefficient (Wildman–Crippen LogP) is 2.14. The maximum atomic E-state index is 13.3. The zero-order valence-corrected chi connectivity index (χ0v) is 18.0. The lowest BCUT2D eigenvalue weighted by atomic mass is 9.76. The maximum Gasteiger partial charge on any atom is 0.327 e. The van der Waals surface area contributed by atoms with Gasteiger partial charge in [0.25, 0.3) is 11.8 Å². The first-order chi connectivity index (χ1) is 15.3. The molecular weight excluding hydrogens is 410 g/mol. The fraction of sp³-hybridized carbons (Fsp3) is 0.333. The number of rotatable bonds is 5. The number of hydrogen-bond donors (Lipinski definition) is 1. The molecule has 2 unspecified atom stereocenters. The molecule has 0 bridgehead atoms. The number of amides is 4. The Labute approximate surface area is 186 Å². The Morgan fingerprint density at radius 3 is 2.50 bits per heavy atom. The third-order valence-electron chi connectivity index (χ3n) is 5.95. The zero-order valence-electron chi connectivity index (χ0n) is 18.0. The lowest BCUT2D eigenvalue weighted by Gasteiger charge is -2.33. The number of nitrogens with zero attached hydrogens (tertiary/aromatic N) is 2. The van der Waals surface area contributed by atoms with Crippen molar-refractivity contribution < 1.29 is 23.9 Å². The average molecular weight is 435 g/mol. The fourth-order valence-electron chi connectivity index (χ4n) is 4.38. The Morgan fingerprint density at radius 1 is 1.09 bits per heavy atom. The molecule has 1 spiro atoms. The van der Waals surface area contributed by atoms with Crippen LogP contribution in [0.15, 0.2) is 54.6 Å². The number of carbonyl (C=O) groups excluding carboxylic acids is 4. The molecule has 0 saturated carbocycles. The number of imide groups is 1. The number of ether oxygens (including phenoxy) is 1. The molecule has 2 aromatic carbocycles. The summed E-state index contributed by atoms with van der Waals surface area (Å²) in [6.45, 7) is -0.571. The SMILES string of the molecule is CN(C)C(=O)C(OC(=O)CN1C(=O)NC2(CCCc3ccccc32)C1=O)c1ccccc1. The average Bonchev–Trinajstić information content (AvgIpc) is 3.02. The topological polar surface area (TPSA) is 96.0 Å². The first kappa shape index (κ1) is 21.5. The number of urea groups is 1. The minimum absolute atomic E-state index is 0.417. The Kier molecular flexibility index (Phi) is 5.69. The van der Waals surface area contributed by atoms with Crippen molar-refractivity contribution in [3.05, 3.63) is 71.3 Å². The van der Waals surface area contributed by atoms with Gasteiger partial charge in [-0.05, 0) is 30.4 Å². The lowest BCUT2D eigenvalue weighted by molar-refractivity contribution is -0.161. The van der Waals surface area contributed by atoms with Crippen LogP contribution >= 0.6 is 0 Å². The van der Waals surface area contributed by atoms with Gasteiger partial charge >= 0.3 is 12.0 Å². The van der Waals surface area contributed by atoms with Crippen LogP contribution in [0.3, 0.4) is 0 Å². The van der Waals surface area contributed by atoms with Crippen molar-refractivity contribution in [2.75, 3.05) is 20.6 Å². The molecule has 8 heteroatoms. The molecule has 166 valence electrons. The summed E-state index contributed by atoms with van der Waals surface area (Å²) in [4.78, 5) is 53.6. The molecule has 2 aliphatic rings. The van der Waals surface area contributed by atoms with Crippen LogP contribution in [0.4, 0.5) is 4.79 Å². The highest BCUT2D eigenvalue weighted by molar-refractivity contribution is 6.09. The smallest absolute Gasteiger partial charge is 0.327 e. The monoisotopic (exact) mass is 435 g/mol. The molecule has 1 fully saturated rings. The standard InChI is InChI=1S/C24H25N3O5/c1-26(2)21(29)20(17-10-4-3-5-11-17)32-19(28)15-27-22(30)24(25-23(27)31)14-8-12-16-9-6-7-13-18(16)24/h3-7,9-11,13,20H,8,12,14-15H2,1-2H3,(H,25,31). The quantitative estimate of drug-likeness (QED) is 0.574. The summed E-state index contributed by atoms with van der Waals surface area (Å²) >= 11 is 0. The number of carbonyl (C=O) groups is 4. The number of aryl methyl sites for hydroxylation is 1. The fourth-order valence-corrected chi connectivity index (χ4v) is 4.38. The van der Waals surface area contributed by atoms with E-state index in [9.17, 15) is 19.2 Å². The van der Waals surface area contributed by atoms with Gasteiger partial charge in [-0.2, -0.15) is 0 Å². The normalized spacial score (nSPS) is 20.5. The molecule has 1 aliphatic heterocycles. The summed E-state index contributed by atoms with van der Waals surface area (Å²) in [7, 11) is 3.13. The van der Waals surface area contributed by atoms with Gasteiger partial charge in [-0.15, -0.1) is 0 Å². The summed E-state index contributed by atoms with van der Waals surface area (Å²) in [5.41, 5.74) is 1.13. The molecule has 1 saturated heterocycles. The number of benzene rings is 2. The van der Waals surface area contributed by atoms with Gasteiger partial charge < -0.3 is 15.0 Å². The molecule has 0 radical (unpaired) electrons. The van der Waals surface area contributed by atoms with Gasteiger partial charge in [0.2, 0.25) is 6.10 Å². The second kappa shape index (κ2) is 8.45. The number of nitrogens with one attached hydrogen (secondary N) is 1. The van der Waals surface area contributed by atoms with Crippen molar-refractivity contribution in [1.29, 1.82) is 0 Å². The third-order valence-corrected chi connectivity index (χ3v) is 5.95. The van der Waals surface area contributed by atoms with Crippen LogP contribution < -0.4 is 5.32 Å². The molecule has 2 aromatic rings. The molecule has 32 heavy (non-hydrogen) atoms. The molecule has 2 atom stereocenters. The maximum absolute atomic E-state index is 13.3. The minimum atomic E-state index is -1.16. The Bertz CT molecular complexity index is 1070. The first-order valence-electron chi connectivity index (χ1n) is 10.5. The number of hydrogen-bond acceptors (Lipinski definition) is 5. The Hall–Kier alpha value is -3.68. The summed E-state index contributed by atoms with van der Waals surface area (Å²) < 4.78 is 5.46. The van der Waals surface area contributed by atoms with E-state index in [-0.39, 0.29) is 0 Å². The van der Waals surface area contributed by atoms with Crippen LogP contribution in [-0.2, 0) is 31.1 Å². The second-order valence-electron chi connectivity index (χ2n) is 8.25. The molecule has 1 heterocycles. The highest BCUT2D eigenvalue weighted by Gasteiger charge is 2.54. The van der Waals surface area contributed by atoms with E-state index in [1.54, 1.807) is 44.4 Å². The van der Waals surface area contributed by atoms with Gasteiger partial charge in [0.1, 0.15) is 12.1 Å². The molecule has 4 rings (SSSR count). The predicted molar refractivity (Wildman–Crippen MR) is 115 cm³/mol. The molecular formula is C24H25N3O5. The molecule has 8 nitrogen and oxygen atoms in total. The van der Waals surface area contributed by atoms with Gasteiger partial charge in [-0.3, -0.25) is 19.3 Å². The zero-order chi connectivity index (χ0) is 22.9. The molecule has 1 N–H and O–H groups in total. The van der Waals surface area contributed by atoms with Crippen molar-refractivity contribution in [2.24, 2.45) is 0 Å². The van der Waals surface area contributed by atoms with Crippen molar-refractivity contribution in [3.8, 4) is 0 Å². The van der Waals surface area contributed by atoms with E-state index in [0.29, 0.717) is 12.0 Å². The molecule has 4 amide bonds. The van der Waals surface area contributed by atoms with Crippen molar-refractivity contribution in [3.63, 3.8) is 0 Å². The largest absolute Gasteiger partial charge is 0.446 e. The van der Waals surface area contributed by atoms with E-state index in [1.165, 1.54) is 4.90 Å². The van der Waals surface area contributed by atoms with Crippen molar-refractivity contribution in [1.82, 2.24) is 15.1 Å². The molecule has 1 aliphatic carbocycles. The summed E-state index contributed by atoms with van der Waals surface area (Å²) in [6.07, 6.45) is 0.874. The van der Waals surface area contributed by atoms with Crippen molar-refractivity contribution >= 4 is 23.8 Å². The lowest BCUT2D eigenvalue weighted by Crippen LogP contribution is -2.47. The van der Waals surface area contributed by atoms with Crippen molar-refractivity contribution in [2.45, 2.75) is 30.9 Å².